The second-order valence-electron chi connectivity index (χ2n) is 6.24. The zero-order valence-electron chi connectivity index (χ0n) is 15.2. The number of nitrogens with zero attached hydrogens (tertiary/aromatic N) is 3. The van der Waals surface area contributed by atoms with Crippen molar-refractivity contribution >= 4 is 33.3 Å². The van der Waals surface area contributed by atoms with Gasteiger partial charge < -0.3 is 14.9 Å². The molecular weight excluding hydrogens is 378 g/mol. The van der Waals surface area contributed by atoms with Gasteiger partial charge in [-0.1, -0.05) is 24.3 Å². The highest BCUT2D eigenvalue weighted by Gasteiger charge is 2.28. The van der Waals surface area contributed by atoms with E-state index in [2.05, 4.69) is 5.10 Å². The SMILES string of the molecule is CCOC(=O)c1c(-n2ncc3cc([N+](=O)[O-])ccc32)c(O)c2ccccc2c1O. The Labute approximate surface area is 163 Å². The molecule has 146 valence electrons. The molecule has 4 aromatic rings. The molecule has 0 fully saturated rings. The number of nitro benzene ring substituents is 1. The third kappa shape index (κ3) is 2.80. The molecule has 9 nitrogen and oxygen atoms in total. The van der Waals surface area contributed by atoms with Crippen molar-refractivity contribution in [2.75, 3.05) is 6.61 Å². The lowest BCUT2D eigenvalue weighted by molar-refractivity contribution is -0.384. The van der Waals surface area contributed by atoms with E-state index in [0.29, 0.717) is 16.3 Å². The maximum absolute atomic E-state index is 12.6. The first-order chi connectivity index (χ1) is 13.9. The van der Waals surface area contributed by atoms with Gasteiger partial charge in [0, 0.05) is 28.3 Å². The second kappa shape index (κ2) is 6.79. The summed E-state index contributed by atoms with van der Waals surface area (Å²) < 4.78 is 6.33. The summed E-state index contributed by atoms with van der Waals surface area (Å²) in [5.41, 5.74) is -0.0192. The predicted molar refractivity (Wildman–Crippen MR) is 105 cm³/mol. The van der Waals surface area contributed by atoms with E-state index in [1.807, 2.05) is 0 Å². The van der Waals surface area contributed by atoms with Gasteiger partial charge in [0.05, 0.1) is 23.2 Å². The van der Waals surface area contributed by atoms with E-state index in [0.717, 1.165) is 0 Å². The van der Waals surface area contributed by atoms with Crippen molar-refractivity contribution in [2.45, 2.75) is 6.92 Å². The highest BCUT2D eigenvalue weighted by molar-refractivity contribution is 6.08. The Balaban J connectivity index is 2.08. The summed E-state index contributed by atoms with van der Waals surface area (Å²) in [5, 5.41) is 38.0. The number of ether oxygens (including phenoxy) is 1. The van der Waals surface area contributed by atoms with Gasteiger partial charge in [-0.25, -0.2) is 9.48 Å². The number of carbonyl (C=O) groups is 1. The molecule has 3 aromatic carbocycles. The van der Waals surface area contributed by atoms with Gasteiger partial charge in [0.15, 0.2) is 0 Å². The maximum Gasteiger partial charge on any atom is 0.344 e. The van der Waals surface area contributed by atoms with Crippen molar-refractivity contribution in [1.82, 2.24) is 9.78 Å². The first-order valence-electron chi connectivity index (χ1n) is 8.70. The number of non-ortho nitro benzene ring substituents is 1. The first kappa shape index (κ1) is 18.2. The average molecular weight is 393 g/mol. The van der Waals surface area contributed by atoms with Crippen molar-refractivity contribution < 1.29 is 24.7 Å². The van der Waals surface area contributed by atoms with Crippen LogP contribution in [-0.2, 0) is 4.74 Å². The largest absolute Gasteiger partial charge is 0.506 e. The molecule has 0 atom stereocenters. The molecule has 0 radical (unpaired) electrons. The van der Waals surface area contributed by atoms with E-state index in [4.69, 9.17) is 4.74 Å². The Kier molecular flexibility index (Phi) is 4.27. The standard InChI is InChI=1S/C20H15N3O6/c1-2-29-20(26)16-17(19(25)14-6-4-3-5-13(14)18(16)24)22-15-8-7-12(23(27)28)9-11(15)10-21-22/h3-10,24-25H,2H2,1H3. The smallest absolute Gasteiger partial charge is 0.344 e. The lowest BCUT2D eigenvalue weighted by atomic mass is 10.0. The van der Waals surface area contributed by atoms with Crippen LogP contribution in [0.3, 0.4) is 0 Å². The van der Waals surface area contributed by atoms with Crippen molar-refractivity contribution in [3.8, 4) is 17.2 Å². The number of nitro groups is 1. The number of aromatic nitrogens is 2. The van der Waals surface area contributed by atoms with Crippen molar-refractivity contribution in [3.05, 3.63) is 64.3 Å². The Morgan fingerprint density at radius 1 is 1.17 bits per heavy atom. The van der Waals surface area contributed by atoms with Crippen LogP contribution in [0.4, 0.5) is 5.69 Å². The molecule has 1 heterocycles. The molecule has 0 bridgehead atoms. The molecule has 0 aliphatic heterocycles. The van der Waals surface area contributed by atoms with E-state index >= 15 is 0 Å². The van der Waals surface area contributed by atoms with Gasteiger partial charge in [0.25, 0.3) is 5.69 Å². The predicted octanol–water partition coefficient (Wildman–Crippen LogP) is 3.67. The fourth-order valence-electron chi connectivity index (χ4n) is 3.30. The second-order valence-corrected chi connectivity index (χ2v) is 6.24. The monoisotopic (exact) mass is 393 g/mol. The number of hydrogen-bond acceptors (Lipinski definition) is 7. The lowest BCUT2D eigenvalue weighted by Crippen LogP contribution is -2.11. The van der Waals surface area contributed by atoms with Gasteiger partial charge in [0.1, 0.15) is 22.7 Å². The lowest BCUT2D eigenvalue weighted by Gasteiger charge is -2.16. The van der Waals surface area contributed by atoms with Gasteiger partial charge >= 0.3 is 5.97 Å². The van der Waals surface area contributed by atoms with Crippen LogP contribution in [0.2, 0.25) is 0 Å². The van der Waals surface area contributed by atoms with E-state index in [-0.39, 0.29) is 40.4 Å². The number of hydrogen-bond donors (Lipinski definition) is 2. The zero-order chi connectivity index (χ0) is 20.7. The number of aromatic hydroxyl groups is 2. The highest BCUT2D eigenvalue weighted by Crippen LogP contribution is 2.42. The van der Waals surface area contributed by atoms with Gasteiger partial charge in [-0.15, -0.1) is 0 Å². The topological polar surface area (TPSA) is 128 Å². The van der Waals surface area contributed by atoms with Crippen LogP contribution in [0.5, 0.6) is 11.5 Å². The number of rotatable bonds is 4. The van der Waals surface area contributed by atoms with Gasteiger partial charge in [-0.3, -0.25) is 10.1 Å². The van der Waals surface area contributed by atoms with Gasteiger partial charge in [-0.2, -0.15) is 5.10 Å². The molecule has 0 unspecified atom stereocenters. The summed E-state index contributed by atoms with van der Waals surface area (Å²) in [6, 6.07) is 10.6. The molecule has 0 aliphatic carbocycles. The minimum absolute atomic E-state index is 0.0662. The molecule has 1 aromatic heterocycles. The summed E-state index contributed by atoms with van der Waals surface area (Å²) in [5.74, 6) is -1.45. The van der Waals surface area contributed by atoms with Crippen LogP contribution in [0.15, 0.2) is 48.7 Å². The summed E-state index contributed by atoms with van der Waals surface area (Å²) in [7, 11) is 0. The number of esters is 1. The maximum atomic E-state index is 12.6. The van der Waals surface area contributed by atoms with E-state index in [1.54, 1.807) is 31.2 Å². The van der Waals surface area contributed by atoms with Crippen molar-refractivity contribution in [3.63, 3.8) is 0 Å². The minimum atomic E-state index is -0.827. The molecule has 0 aliphatic rings. The fourth-order valence-corrected chi connectivity index (χ4v) is 3.30. The molecule has 4 rings (SSSR count). The third-order valence-electron chi connectivity index (χ3n) is 4.59. The van der Waals surface area contributed by atoms with Crippen LogP contribution >= 0.6 is 0 Å². The quantitative estimate of drug-likeness (QED) is 0.234. The van der Waals surface area contributed by atoms with E-state index in [9.17, 15) is 25.1 Å². The molecule has 9 heteroatoms. The molecule has 0 saturated heterocycles. The zero-order valence-corrected chi connectivity index (χ0v) is 15.2. The fraction of sp³-hybridized carbons (Fsp3) is 0.100. The molecule has 0 spiro atoms. The minimum Gasteiger partial charge on any atom is -0.506 e. The number of phenolic OH excluding ortho intramolecular Hbond substituents is 2. The van der Waals surface area contributed by atoms with Gasteiger partial charge in [0.2, 0.25) is 0 Å². The molecular formula is C20H15N3O6. The normalized spacial score (nSPS) is 11.1. The molecule has 29 heavy (non-hydrogen) atoms. The number of phenols is 2. The van der Waals surface area contributed by atoms with Crippen molar-refractivity contribution in [2.24, 2.45) is 0 Å². The Hall–Kier alpha value is -4.14. The van der Waals surface area contributed by atoms with Gasteiger partial charge in [-0.05, 0) is 13.0 Å². The summed E-state index contributed by atoms with van der Waals surface area (Å²) in [6.07, 6.45) is 1.38. The summed E-state index contributed by atoms with van der Waals surface area (Å²) in [6.45, 7) is 1.69. The first-order valence-corrected chi connectivity index (χ1v) is 8.70. The Morgan fingerprint density at radius 3 is 2.52 bits per heavy atom. The number of benzene rings is 3. The van der Waals surface area contributed by atoms with E-state index < -0.39 is 10.9 Å². The molecule has 2 N–H and O–H groups in total. The number of carbonyl (C=O) groups excluding carboxylic acids is 1. The van der Waals surface area contributed by atoms with Crippen LogP contribution in [0.1, 0.15) is 17.3 Å². The van der Waals surface area contributed by atoms with Crippen LogP contribution in [-0.4, -0.2) is 37.5 Å². The van der Waals surface area contributed by atoms with Crippen molar-refractivity contribution in [1.29, 1.82) is 0 Å². The third-order valence-corrected chi connectivity index (χ3v) is 4.59. The van der Waals surface area contributed by atoms with E-state index in [1.165, 1.54) is 29.1 Å². The van der Waals surface area contributed by atoms with Crippen LogP contribution in [0, 0.1) is 10.1 Å². The summed E-state index contributed by atoms with van der Waals surface area (Å²) in [4.78, 5) is 23.1. The number of fused-ring (bicyclic) bond motifs is 2. The van der Waals surface area contributed by atoms with Crippen LogP contribution < -0.4 is 0 Å². The summed E-state index contributed by atoms with van der Waals surface area (Å²) >= 11 is 0. The highest BCUT2D eigenvalue weighted by atomic mass is 16.6. The Morgan fingerprint density at radius 2 is 1.86 bits per heavy atom. The molecule has 0 saturated carbocycles. The Bertz CT molecular complexity index is 1290. The van der Waals surface area contributed by atoms with Crippen LogP contribution in [0.25, 0.3) is 27.4 Å². The molecule has 0 amide bonds. The average Bonchev–Trinajstić information content (AvgIpc) is 3.13.